The van der Waals surface area contributed by atoms with E-state index in [0.717, 1.165) is 4.35 Å². The topological polar surface area (TPSA) is 102 Å². The maximum absolute atomic E-state index is 12.4. The summed E-state index contributed by atoms with van der Waals surface area (Å²) in [5.41, 5.74) is 0.120. The van der Waals surface area contributed by atoms with Crippen LogP contribution in [0.4, 0.5) is 4.79 Å². The molecular weight excluding hydrogens is 407 g/mol. The van der Waals surface area contributed by atoms with Crippen molar-refractivity contribution in [3.8, 4) is 5.75 Å². The van der Waals surface area contributed by atoms with E-state index in [4.69, 9.17) is 4.74 Å². The van der Waals surface area contributed by atoms with Crippen LogP contribution in [0.15, 0.2) is 53.4 Å². The molecule has 0 unspecified atom stereocenters. The Morgan fingerprint density at radius 1 is 1.04 bits per heavy atom. The Kier molecular flexibility index (Phi) is 6.22. The number of hydrogen-bond donors (Lipinski definition) is 2. The van der Waals surface area contributed by atoms with Gasteiger partial charge in [-0.2, -0.15) is 0 Å². The molecule has 0 heterocycles. The first-order valence-electron chi connectivity index (χ1n) is 7.11. The summed E-state index contributed by atoms with van der Waals surface area (Å²) in [6.45, 7) is 0. The summed E-state index contributed by atoms with van der Waals surface area (Å²) in [4.78, 5) is 23.6. The monoisotopic (exact) mass is 423 g/mol. The zero-order valence-electron chi connectivity index (χ0n) is 13.5. The number of carbonyl (C=O) groups is 2. The number of benzene rings is 2. The van der Waals surface area contributed by atoms with Gasteiger partial charge in [-0.25, -0.2) is 0 Å². The first-order valence-corrected chi connectivity index (χ1v) is 10.5. The molecule has 131 valence electrons. The van der Waals surface area contributed by atoms with Gasteiger partial charge in [-0.1, -0.05) is 0 Å². The van der Waals surface area contributed by atoms with Crippen LogP contribution < -0.4 is 19.1 Å². The van der Waals surface area contributed by atoms with E-state index in [0.29, 0.717) is 0 Å². The van der Waals surface area contributed by atoms with Gasteiger partial charge in [-0.05, 0) is 0 Å². The first-order chi connectivity index (χ1) is 11.9. The van der Waals surface area contributed by atoms with Gasteiger partial charge in [0.15, 0.2) is 0 Å². The zero-order chi connectivity index (χ0) is 18.4. The van der Waals surface area contributed by atoms with E-state index in [1.54, 1.807) is 37.4 Å². The minimum atomic E-state index is -4.03. The Balaban J connectivity index is 2.18. The summed E-state index contributed by atoms with van der Waals surface area (Å²) in [5.74, 6) is -0.501. The van der Waals surface area contributed by atoms with E-state index < -0.39 is 31.7 Å². The third-order valence-electron chi connectivity index (χ3n) is 3.17. The van der Waals surface area contributed by atoms with Gasteiger partial charge < -0.3 is 0 Å². The molecule has 25 heavy (non-hydrogen) atoms. The van der Waals surface area contributed by atoms with Crippen molar-refractivity contribution in [2.45, 2.75) is 4.90 Å². The predicted molar refractivity (Wildman–Crippen MR) is 93.9 cm³/mol. The normalized spacial score (nSPS) is 11.3. The molecule has 0 fully saturated rings. The van der Waals surface area contributed by atoms with Gasteiger partial charge in [0, 0.05) is 0 Å². The van der Waals surface area contributed by atoms with Crippen molar-refractivity contribution in [1.82, 2.24) is 10.0 Å². The van der Waals surface area contributed by atoms with Gasteiger partial charge >= 0.3 is 152 Å². The molecule has 0 aliphatic heterocycles. The summed E-state index contributed by atoms with van der Waals surface area (Å²) in [6.07, 6.45) is 0. The maximum atomic E-state index is 12.4. The van der Waals surface area contributed by atoms with Crippen molar-refractivity contribution in [2.24, 2.45) is 0 Å². The van der Waals surface area contributed by atoms with Crippen LogP contribution >= 0.6 is 0 Å². The molecule has 1 radical (unpaired) electrons. The Hall–Kier alpha value is -2.31. The van der Waals surface area contributed by atoms with Crippen LogP contribution in [-0.2, 0) is 10.0 Å². The Bertz CT molecular complexity index is 882. The molecule has 0 saturated carbocycles. The number of carbonyl (C=O) groups excluding carboxylic acids is 2. The average Bonchev–Trinajstić information content (AvgIpc) is 2.61. The van der Waals surface area contributed by atoms with Gasteiger partial charge in [0.2, 0.25) is 0 Å². The molecule has 0 atom stereocenters. The molecule has 0 aliphatic carbocycles. The van der Waals surface area contributed by atoms with Crippen LogP contribution in [0.5, 0.6) is 5.75 Å². The number of ether oxygens (including phenoxy) is 1. The van der Waals surface area contributed by atoms with E-state index in [2.05, 4.69) is 5.32 Å². The average molecular weight is 423 g/mol. The number of para-hydroxylation sites is 1. The molecule has 0 aliphatic rings. The second kappa shape index (κ2) is 8.18. The van der Waals surface area contributed by atoms with Crippen molar-refractivity contribution in [1.29, 1.82) is 0 Å². The van der Waals surface area contributed by atoms with Crippen molar-refractivity contribution >= 4 is 40.7 Å². The van der Waals surface area contributed by atoms with Gasteiger partial charge in [0.05, 0.1) is 0 Å². The van der Waals surface area contributed by atoms with Crippen molar-refractivity contribution < 1.29 is 22.7 Å². The van der Waals surface area contributed by atoms with E-state index in [-0.39, 0.29) is 20.9 Å². The second-order valence-corrected chi connectivity index (χ2v) is 8.88. The minimum absolute atomic E-state index is 0.0578. The number of amides is 2. The fourth-order valence-electron chi connectivity index (χ4n) is 1.94. The molecule has 2 aromatic carbocycles. The molecule has 9 heteroatoms. The Morgan fingerprint density at radius 2 is 1.68 bits per heavy atom. The number of sulfonamides is 1. The molecule has 0 bridgehead atoms. The molecule has 0 saturated heterocycles. The van der Waals surface area contributed by atoms with Crippen LogP contribution in [0, 0.1) is 0 Å². The Morgan fingerprint density at radius 3 is 2.28 bits per heavy atom. The summed E-state index contributed by atoms with van der Waals surface area (Å²) in [5, 5.41) is 2.53. The summed E-state index contributed by atoms with van der Waals surface area (Å²) in [6, 6.07) is 12.2. The van der Waals surface area contributed by atoms with Gasteiger partial charge in [-0.3, -0.25) is 0 Å². The van der Waals surface area contributed by atoms with Crippen LogP contribution in [0.3, 0.4) is 0 Å². The number of nitrogens with one attached hydrogen (secondary N) is 2. The zero-order valence-corrected chi connectivity index (χ0v) is 16.2. The number of hydrogen-bond acceptors (Lipinski definition) is 5. The molecule has 2 aromatic rings. The van der Waals surface area contributed by atoms with Crippen molar-refractivity contribution in [3.63, 3.8) is 0 Å². The molecule has 0 aromatic heterocycles. The van der Waals surface area contributed by atoms with E-state index in [1.165, 1.54) is 25.3 Å². The first kappa shape index (κ1) is 19.0. The summed E-state index contributed by atoms with van der Waals surface area (Å²) >= 11 is -0.742. The van der Waals surface area contributed by atoms with E-state index in [9.17, 15) is 18.0 Å². The van der Waals surface area contributed by atoms with Crippen molar-refractivity contribution in [2.75, 3.05) is 14.2 Å². The second-order valence-electron chi connectivity index (χ2n) is 4.80. The van der Waals surface area contributed by atoms with Crippen molar-refractivity contribution in [3.05, 3.63) is 54.1 Å². The quantitative estimate of drug-likeness (QED) is 0.659. The van der Waals surface area contributed by atoms with Crippen LogP contribution in [-0.4, -0.2) is 48.9 Å². The molecule has 2 rings (SSSR count). The number of methoxy groups -OCH3 is 1. The fourth-order valence-corrected chi connectivity index (χ4v) is 4.26. The molecular formula is C16H16AsN2O5S. The van der Waals surface area contributed by atoms with Gasteiger partial charge in [0.1, 0.15) is 0 Å². The van der Waals surface area contributed by atoms with E-state index >= 15 is 0 Å². The standard InChI is InChI=1S/C16H16AsN2O5S/c1-18-16(21)17-11-7-9-12(10-8-11)25(22,23)19-15(20)13-5-3-4-6-14(13)24-2/h3-10H,1-2H3,(H,18,21)(H,19,20). The SMILES string of the molecule is CNC(=O)[As]c1ccc(S(=O)(=O)NC(=O)c2ccccc2OC)cc1. The number of rotatable bonds is 6. The third kappa shape index (κ3) is 4.84. The van der Waals surface area contributed by atoms with Gasteiger partial charge in [0.25, 0.3) is 0 Å². The Labute approximate surface area is 152 Å². The summed E-state index contributed by atoms with van der Waals surface area (Å²) in [7, 11) is -1.09. The third-order valence-corrected chi connectivity index (χ3v) is 6.58. The molecule has 2 amide bonds. The van der Waals surface area contributed by atoms with E-state index in [1.807, 2.05) is 4.72 Å². The van der Waals surface area contributed by atoms with Crippen LogP contribution in [0.1, 0.15) is 10.4 Å². The molecule has 0 spiro atoms. The predicted octanol–water partition coefficient (Wildman–Crippen LogP) is 0.483. The van der Waals surface area contributed by atoms with Crippen LogP contribution in [0.25, 0.3) is 0 Å². The molecule has 2 N–H and O–H groups in total. The summed E-state index contributed by atoms with van der Waals surface area (Å²) < 4.78 is 32.5. The fraction of sp³-hybridized carbons (Fsp3) is 0.125. The molecule has 7 nitrogen and oxygen atoms in total. The van der Waals surface area contributed by atoms with Crippen LogP contribution in [0.2, 0.25) is 0 Å². The van der Waals surface area contributed by atoms with Gasteiger partial charge in [-0.15, -0.1) is 0 Å².